The Morgan fingerprint density at radius 3 is 2.34 bits per heavy atom. The molecule has 0 aliphatic rings. The third-order valence-electron chi connectivity index (χ3n) is 6.45. The van der Waals surface area contributed by atoms with Crippen LogP contribution in [-0.4, -0.2) is 50.5 Å². The third kappa shape index (κ3) is 9.45. The van der Waals surface area contributed by atoms with Crippen LogP contribution in [0.3, 0.4) is 0 Å². The molecular formula is C30H34Cl2FN3O4S. The van der Waals surface area contributed by atoms with Crippen LogP contribution in [0, 0.1) is 5.82 Å². The van der Waals surface area contributed by atoms with Crippen molar-refractivity contribution < 1.29 is 22.4 Å². The number of carbonyl (C=O) groups excluding carboxylic acids is 2. The molecule has 0 bridgehead atoms. The van der Waals surface area contributed by atoms with Crippen LogP contribution in [0.25, 0.3) is 0 Å². The first-order valence-electron chi connectivity index (χ1n) is 13.3. The summed E-state index contributed by atoms with van der Waals surface area (Å²) >= 11 is 12.4. The number of nitrogens with zero attached hydrogens (tertiary/aromatic N) is 2. The van der Waals surface area contributed by atoms with Crippen molar-refractivity contribution >= 4 is 50.7 Å². The molecule has 0 saturated carbocycles. The Kier molecular flexibility index (Phi) is 12.0. The summed E-state index contributed by atoms with van der Waals surface area (Å²) < 4.78 is 41.1. The SMILES string of the molecule is CCCNC(=O)[C@@H](Cc1ccccc1)N(Cc1ccccc1F)C(=O)CCCN(c1cc(Cl)ccc1Cl)S(C)(=O)=O. The molecule has 1 atom stereocenters. The van der Waals surface area contributed by atoms with Crippen LogP contribution < -0.4 is 9.62 Å². The first kappa shape index (κ1) is 32.4. The predicted molar refractivity (Wildman–Crippen MR) is 162 cm³/mol. The van der Waals surface area contributed by atoms with Crippen LogP contribution in [0.1, 0.15) is 37.3 Å². The van der Waals surface area contributed by atoms with Crippen molar-refractivity contribution in [2.75, 3.05) is 23.7 Å². The number of hydrogen-bond donors (Lipinski definition) is 1. The van der Waals surface area contributed by atoms with Crippen LogP contribution >= 0.6 is 23.2 Å². The number of anilines is 1. The van der Waals surface area contributed by atoms with Crippen LogP contribution in [0.4, 0.5) is 10.1 Å². The Bertz CT molecular complexity index is 1440. The summed E-state index contributed by atoms with van der Waals surface area (Å²) in [4.78, 5) is 28.5. The summed E-state index contributed by atoms with van der Waals surface area (Å²) in [7, 11) is -3.76. The average Bonchev–Trinajstić information content (AvgIpc) is 2.94. The van der Waals surface area contributed by atoms with E-state index in [4.69, 9.17) is 23.2 Å². The van der Waals surface area contributed by atoms with Gasteiger partial charge in [-0.3, -0.25) is 13.9 Å². The van der Waals surface area contributed by atoms with Gasteiger partial charge in [-0.05, 0) is 42.7 Å². The molecule has 2 amide bonds. The number of amides is 2. The second-order valence-electron chi connectivity index (χ2n) is 9.64. The first-order valence-corrected chi connectivity index (χ1v) is 15.9. The zero-order valence-corrected chi connectivity index (χ0v) is 25.4. The number of halogens is 3. The second-order valence-corrected chi connectivity index (χ2v) is 12.4. The maximum absolute atomic E-state index is 14.7. The number of hydrogen-bond acceptors (Lipinski definition) is 4. The van der Waals surface area contributed by atoms with E-state index < -0.39 is 27.8 Å². The van der Waals surface area contributed by atoms with Gasteiger partial charge < -0.3 is 10.2 Å². The number of rotatable bonds is 14. The fraction of sp³-hybridized carbons (Fsp3) is 0.333. The maximum atomic E-state index is 14.7. The summed E-state index contributed by atoms with van der Waals surface area (Å²) in [6.07, 6.45) is 2.01. The van der Waals surface area contributed by atoms with Crippen molar-refractivity contribution in [3.63, 3.8) is 0 Å². The molecule has 220 valence electrons. The minimum Gasteiger partial charge on any atom is -0.354 e. The summed E-state index contributed by atoms with van der Waals surface area (Å²) in [5.41, 5.74) is 1.32. The average molecular weight is 623 g/mol. The lowest BCUT2D eigenvalue weighted by Gasteiger charge is -2.32. The van der Waals surface area contributed by atoms with E-state index in [1.165, 1.54) is 23.1 Å². The highest BCUT2D eigenvalue weighted by molar-refractivity contribution is 7.92. The lowest BCUT2D eigenvalue weighted by atomic mass is 10.0. The second kappa shape index (κ2) is 15.2. The Balaban J connectivity index is 1.90. The summed E-state index contributed by atoms with van der Waals surface area (Å²) in [5.74, 6) is -1.24. The molecule has 0 aliphatic carbocycles. The molecule has 41 heavy (non-hydrogen) atoms. The van der Waals surface area contributed by atoms with Crippen LogP contribution in [0.15, 0.2) is 72.8 Å². The van der Waals surface area contributed by atoms with Crippen molar-refractivity contribution in [2.24, 2.45) is 0 Å². The van der Waals surface area contributed by atoms with Gasteiger partial charge in [0, 0.05) is 43.1 Å². The van der Waals surface area contributed by atoms with Gasteiger partial charge >= 0.3 is 0 Å². The smallest absolute Gasteiger partial charge is 0.243 e. The van der Waals surface area contributed by atoms with E-state index in [1.54, 1.807) is 24.3 Å². The van der Waals surface area contributed by atoms with Gasteiger partial charge in [0.2, 0.25) is 21.8 Å². The van der Waals surface area contributed by atoms with Crippen LogP contribution in [0.2, 0.25) is 10.0 Å². The molecule has 3 rings (SSSR count). The summed E-state index contributed by atoms with van der Waals surface area (Å²) in [5, 5.41) is 3.38. The number of sulfonamides is 1. The van der Waals surface area contributed by atoms with Gasteiger partial charge in [-0.15, -0.1) is 0 Å². The highest BCUT2D eigenvalue weighted by Gasteiger charge is 2.31. The molecular weight excluding hydrogens is 588 g/mol. The fourth-order valence-electron chi connectivity index (χ4n) is 4.39. The molecule has 0 spiro atoms. The molecule has 1 N–H and O–H groups in total. The van der Waals surface area contributed by atoms with Crippen molar-refractivity contribution in [3.8, 4) is 0 Å². The Labute approximate surface area is 251 Å². The molecule has 7 nitrogen and oxygen atoms in total. The number of carbonyl (C=O) groups is 2. The summed E-state index contributed by atoms with van der Waals surface area (Å²) in [6.45, 7) is 2.17. The van der Waals surface area contributed by atoms with E-state index in [9.17, 15) is 22.4 Å². The van der Waals surface area contributed by atoms with E-state index in [2.05, 4.69) is 5.32 Å². The molecule has 0 fully saturated rings. The lowest BCUT2D eigenvalue weighted by Crippen LogP contribution is -2.50. The highest BCUT2D eigenvalue weighted by Crippen LogP contribution is 2.31. The molecule has 3 aromatic carbocycles. The Hall–Kier alpha value is -3.14. The van der Waals surface area contributed by atoms with Gasteiger partial charge in [0.25, 0.3) is 0 Å². The topological polar surface area (TPSA) is 86.8 Å². The van der Waals surface area contributed by atoms with Crippen LogP contribution in [0.5, 0.6) is 0 Å². The molecule has 0 heterocycles. The largest absolute Gasteiger partial charge is 0.354 e. The Morgan fingerprint density at radius 1 is 1.00 bits per heavy atom. The number of nitrogens with one attached hydrogen (secondary N) is 1. The highest BCUT2D eigenvalue weighted by atomic mass is 35.5. The van der Waals surface area contributed by atoms with Gasteiger partial charge in [0.05, 0.1) is 17.0 Å². The first-order chi connectivity index (χ1) is 19.5. The molecule has 11 heteroatoms. The molecule has 0 unspecified atom stereocenters. The lowest BCUT2D eigenvalue weighted by molar-refractivity contribution is -0.141. The molecule has 0 saturated heterocycles. The van der Waals surface area contributed by atoms with E-state index in [0.29, 0.717) is 18.0 Å². The molecule has 0 aromatic heterocycles. The van der Waals surface area contributed by atoms with Crippen molar-refractivity contribution in [1.82, 2.24) is 10.2 Å². The minimum atomic E-state index is -3.76. The van der Waals surface area contributed by atoms with Gasteiger partial charge in [0.1, 0.15) is 11.9 Å². The third-order valence-corrected chi connectivity index (χ3v) is 8.18. The van der Waals surface area contributed by atoms with E-state index in [-0.39, 0.29) is 54.5 Å². The standard InChI is InChI=1S/C30H34Cl2FN3O4S/c1-3-17-34-30(38)28(19-22-10-5-4-6-11-22)35(21-23-12-7-8-13-26(23)33)29(37)14-9-18-36(41(2,39)40)27-20-24(31)15-16-25(27)32/h4-8,10-13,15-16,20,28H,3,9,14,17-19,21H2,1-2H3,(H,34,38)/t28-/m1/s1. The normalized spacial score (nSPS) is 12.0. The van der Waals surface area contributed by atoms with Crippen molar-refractivity contribution in [1.29, 1.82) is 0 Å². The number of benzene rings is 3. The van der Waals surface area contributed by atoms with Gasteiger partial charge in [0.15, 0.2) is 0 Å². The predicted octanol–water partition coefficient (Wildman–Crippen LogP) is 5.85. The van der Waals surface area contributed by atoms with Crippen molar-refractivity contribution in [3.05, 3.63) is 99.8 Å². The molecule has 0 radical (unpaired) electrons. The van der Waals surface area contributed by atoms with E-state index >= 15 is 0 Å². The minimum absolute atomic E-state index is 0.0520. The molecule has 0 aliphatic heterocycles. The van der Waals surface area contributed by atoms with Crippen molar-refractivity contribution in [2.45, 2.75) is 45.2 Å². The van der Waals surface area contributed by atoms with Gasteiger partial charge in [-0.2, -0.15) is 0 Å². The zero-order chi connectivity index (χ0) is 30.0. The van der Waals surface area contributed by atoms with Gasteiger partial charge in [-0.25, -0.2) is 12.8 Å². The quantitative estimate of drug-likeness (QED) is 0.245. The Morgan fingerprint density at radius 2 is 1.68 bits per heavy atom. The monoisotopic (exact) mass is 621 g/mol. The fourth-order valence-corrected chi connectivity index (χ4v) is 5.79. The zero-order valence-electron chi connectivity index (χ0n) is 23.0. The van der Waals surface area contributed by atoms with E-state index in [0.717, 1.165) is 16.1 Å². The summed E-state index contributed by atoms with van der Waals surface area (Å²) in [6, 6.07) is 19.0. The van der Waals surface area contributed by atoms with E-state index in [1.807, 2.05) is 37.3 Å². The van der Waals surface area contributed by atoms with Gasteiger partial charge in [-0.1, -0.05) is 78.7 Å². The maximum Gasteiger partial charge on any atom is 0.243 e. The van der Waals surface area contributed by atoms with Crippen LogP contribution in [-0.2, 0) is 32.6 Å². The molecule has 3 aromatic rings.